The Kier molecular flexibility index (Phi) is 3.47. The van der Waals surface area contributed by atoms with Crippen molar-refractivity contribution >= 4 is 22.4 Å². The number of nitrogen functional groups attached to an aromatic ring is 1. The average Bonchev–Trinajstić information content (AvgIpc) is 2.53. The molecule has 0 saturated carbocycles. The standard InChI is InChI=1S/C16H14N4O/c17-13-6-3-4-11-7-9-19-15(14(11)13)16(21)20-10-12-5-1-2-8-18-12/h1-9H,10,17H2,(H,20,21). The van der Waals surface area contributed by atoms with Crippen LogP contribution in [0.1, 0.15) is 16.2 Å². The Morgan fingerprint density at radius 1 is 1.05 bits per heavy atom. The lowest BCUT2D eigenvalue weighted by atomic mass is 10.1. The summed E-state index contributed by atoms with van der Waals surface area (Å²) in [6.45, 7) is 0.352. The maximum Gasteiger partial charge on any atom is 0.270 e. The van der Waals surface area contributed by atoms with Crippen LogP contribution in [0.25, 0.3) is 10.8 Å². The molecule has 3 N–H and O–H groups in total. The number of carbonyl (C=O) groups is 1. The van der Waals surface area contributed by atoms with Gasteiger partial charge in [0.1, 0.15) is 5.69 Å². The molecule has 0 fully saturated rings. The molecule has 0 unspecified atom stereocenters. The Labute approximate surface area is 121 Å². The molecule has 0 aliphatic rings. The highest BCUT2D eigenvalue weighted by atomic mass is 16.1. The first-order chi connectivity index (χ1) is 10.3. The van der Waals surface area contributed by atoms with Crippen molar-refractivity contribution in [1.82, 2.24) is 15.3 Å². The van der Waals surface area contributed by atoms with E-state index in [4.69, 9.17) is 5.73 Å². The van der Waals surface area contributed by atoms with Crippen LogP contribution in [0.3, 0.4) is 0 Å². The second-order valence-corrected chi connectivity index (χ2v) is 4.61. The van der Waals surface area contributed by atoms with Gasteiger partial charge in [-0.2, -0.15) is 0 Å². The Balaban J connectivity index is 1.88. The van der Waals surface area contributed by atoms with Gasteiger partial charge < -0.3 is 11.1 Å². The molecule has 2 aromatic heterocycles. The van der Waals surface area contributed by atoms with Crippen LogP contribution in [0.5, 0.6) is 0 Å². The van der Waals surface area contributed by atoms with Crippen LogP contribution in [0.2, 0.25) is 0 Å². The zero-order valence-electron chi connectivity index (χ0n) is 11.3. The molecule has 0 radical (unpaired) electrons. The van der Waals surface area contributed by atoms with Gasteiger partial charge in [-0.1, -0.05) is 18.2 Å². The van der Waals surface area contributed by atoms with E-state index < -0.39 is 0 Å². The number of aromatic nitrogens is 2. The molecule has 3 rings (SSSR count). The number of nitrogens with one attached hydrogen (secondary N) is 1. The van der Waals surface area contributed by atoms with E-state index >= 15 is 0 Å². The molecule has 0 spiro atoms. The molecule has 1 aromatic carbocycles. The van der Waals surface area contributed by atoms with Gasteiger partial charge >= 0.3 is 0 Å². The van der Waals surface area contributed by atoms with Gasteiger partial charge in [-0.05, 0) is 29.7 Å². The fourth-order valence-corrected chi connectivity index (χ4v) is 2.19. The fraction of sp³-hybridized carbons (Fsp3) is 0.0625. The lowest BCUT2D eigenvalue weighted by Gasteiger charge is -2.08. The summed E-state index contributed by atoms with van der Waals surface area (Å²) in [7, 11) is 0. The molecular formula is C16H14N4O. The molecular weight excluding hydrogens is 264 g/mol. The lowest BCUT2D eigenvalue weighted by Crippen LogP contribution is -2.24. The van der Waals surface area contributed by atoms with Crippen LogP contribution < -0.4 is 11.1 Å². The molecule has 0 aliphatic heterocycles. The maximum atomic E-state index is 12.3. The van der Waals surface area contributed by atoms with Crippen molar-refractivity contribution < 1.29 is 4.79 Å². The zero-order chi connectivity index (χ0) is 14.7. The molecule has 5 heteroatoms. The molecule has 1 amide bonds. The summed E-state index contributed by atoms with van der Waals surface area (Å²) in [6, 6.07) is 12.9. The van der Waals surface area contributed by atoms with Gasteiger partial charge in [0.05, 0.1) is 12.2 Å². The number of anilines is 1. The van der Waals surface area contributed by atoms with Crippen molar-refractivity contribution in [3.05, 3.63) is 66.2 Å². The van der Waals surface area contributed by atoms with Crippen LogP contribution in [0.15, 0.2) is 54.9 Å². The predicted octanol–water partition coefficient (Wildman–Crippen LogP) is 2.14. The van der Waals surface area contributed by atoms with E-state index in [1.165, 1.54) is 0 Å². The Bertz CT molecular complexity index is 781. The van der Waals surface area contributed by atoms with E-state index in [0.29, 0.717) is 23.3 Å². The van der Waals surface area contributed by atoms with Crippen molar-refractivity contribution in [1.29, 1.82) is 0 Å². The summed E-state index contributed by atoms with van der Waals surface area (Å²) >= 11 is 0. The second-order valence-electron chi connectivity index (χ2n) is 4.61. The number of amides is 1. The number of benzene rings is 1. The minimum Gasteiger partial charge on any atom is -0.398 e. The number of nitrogens with two attached hydrogens (primary N) is 1. The van der Waals surface area contributed by atoms with E-state index in [1.54, 1.807) is 18.5 Å². The van der Waals surface area contributed by atoms with Gasteiger partial charge in [0.25, 0.3) is 5.91 Å². The minimum absolute atomic E-state index is 0.260. The first kappa shape index (κ1) is 13.1. The molecule has 3 aromatic rings. The third kappa shape index (κ3) is 2.67. The monoisotopic (exact) mass is 278 g/mol. The molecule has 21 heavy (non-hydrogen) atoms. The first-order valence-corrected chi connectivity index (χ1v) is 6.57. The maximum absolute atomic E-state index is 12.3. The highest BCUT2D eigenvalue weighted by molar-refractivity contribution is 6.09. The highest BCUT2D eigenvalue weighted by Gasteiger charge is 2.13. The third-order valence-corrected chi connectivity index (χ3v) is 3.19. The summed E-state index contributed by atoms with van der Waals surface area (Å²) in [6.07, 6.45) is 3.30. The number of rotatable bonds is 3. The van der Waals surface area contributed by atoms with Crippen LogP contribution >= 0.6 is 0 Å². The molecule has 5 nitrogen and oxygen atoms in total. The summed E-state index contributed by atoms with van der Waals surface area (Å²) in [5.74, 6) is -0.260. The van der Waals surface area contributed by atoms with E-state index in [0.717, 1.165) is 11.1 Å². The van der Waals surface area contributed by atoms with Crippen LogP contribution in [0, 0.1) is 0 Å². The molecule has 0 saturated heterocycles. The summed E-state index contributed by atoms with van der Waals surface area (Å²) in [5.41, 5.74) is 7.64. The van der Waals surface area contributed by atoms with E-state index in [1.807, 2.05) is 36.4 Å². The topological polar surface area (TPSA) is 80.9 Å². The normalized spacial score (nSPS) is 10.5. The lowest BCUT2D eigenvalue weighted by molar-refractivity contribution is 0.0947. The third-order valence-electron chi connectivity index (χ3n) is 3.19. The Morgan fingerprint density at radius 3 is 2.76 bits per heavy atom. The second kappa shape index (κ2) is 5.58. The number of fused-ring (bicyclic) bond motifs is 1. The largest absolute Gasteiger partial charge is 0.398 e. The van der Waals surface area contributed by atoms with Crippen LogP contribution in [0.4, 0.5) is 5.69 Å². The van der Waals surface area contributed by atoms with Crippen molar-refractivity contribution in [2.24, 2.45) is 0 Å². The average molecular weight is 278 g/mol. The smallest absolute Gasteiger partial charge is 0.270 e. The van der Waals surface area contributed by atoms with Crippen LogP contribution in [-0.2, 0) is 6.54 Å². The fourth-order valence-electron chi connectivity index (χ4n) is 2.19. The molecule has 2 heterocycles. The highest BCUT2D eigenvalue weighted by Crippen LogP contribution is 2.23. The first-order valence-electron chi connectivity index (χ1n) is 6.57. The van der Waals surface area contributed by atoms with Gasteiger partial charge in [0.15, 0.2) is 0 Å². The Morgan fingerprint density at radius 2 is 1.95 bits per heavy atom. The number of pyridine rings is 2. The van der Waals surface area contributed by atoms with E-state index in [9.17, 15) is 4.79 Å². The van der Waals surface area contributed by atoms with Gasteiger partial charge in [-0.3, -0.25) is 14.8 Å². The van der Waals surface area contributed by atoms with E-state index in [-0.39, 0.29) is 5.91 Å². The van der Waals surface area contributed by atoms with Crippen LogP contribution in [-0.4, -0.2) is 15.9 Å². The minimum atomic E-state index is -0.260. The Hall–Kier alpha value is -2.95. The van der Waals surface area contributed by atoms with Gasteiger partial charge in [-0.15, -0.1) is 0 Å². The SMILES string of the molecule is Nc1cccc2ccnc(C(=O)NCc3ccccn3)c12. The summed E-state index contributed by atoms with van der Waals surface area (Å²) < 4.78 is 0. The van der Waals surface area contributed by atoms with Crippen molar-refractivity contribution in [2.75, 3.05) is 5.73 Å². The van der Waals surface area contributed by atoms with E-state index in [2.05, 4.69) is 15.3 Å². The number of nitrogens with zero attached hydrogens (tertiary/aromatic N) is 2. The molecule has 0 aliphatic carbocycles. The number of hydrogen-bond donors (Lipinski definition) is 2. The summed E-state index contributed by atoms with van der Waals surface area (Å²) in [5, 5.41) is 4.39. The molecule has 104 valence electrons. The zero-order valence-corrected chi connectivity index (χ0v) is 11.3. The van der Waals surface area contributed by atoms with Crippen molar-refractivity contribution in [3.63, 3.8) is 0 Å². The summed E-state index contributed by atoms with van der Waals surface area (Å²) in [4.78, 5) is 20.7. The van der Waals surface area contributed by atoms with Crippen molar-refractivity contribution in [2.45, 2.75) is 6.54 Å². The van der Waals surface area contributed by atoms with Gasteiger partial charge in [-0.25, -0.2) is 0 Å². The van der Waals surface area contributed by atoms with Gasteiger partial charge in [0.2, 0.25) is 0 Å². The number of carbonyl (C=O) groups excluding carboxylic acids is 1. The predicted molar refractivity (Wildman–Crippen MR) is 81.6 cm³/mol. The molecule has 0 bridgehead atoms. The van der Waals surface area contributed by atoms with Crippen molar-refractivity contribution in [3.8, 4) is 0 Å². The van der Waals surface area contributed by atoms with Gasteiger partial charge in [0, 0.05) is 23.5 Å². The number of hydrogen-bond acceptors (Lipinski definition) is 4. The molecule has 0 atom stereocenters. The quantitative estimate of drug-likeness (QED) is 0.719.